The average molecular weight is 340 g/mol. The molecule has 0 amide bonds. The highest BCUT2D eigenvalue weighted by Gasteiger charge is 2.08. The fourth-order valence-corrected chi connectivity index (χ4v) is 3.12. The maximum atomic E-state index is 11.8. The molecule has 2 rings (SSSR count). The first-order valence-corrected chi connectivity index (χ1v) is 7.64. The van der Waals surface area contributed by atoms with Crippen molar-refractivity contribution in [2.75, 3.05) is 5.73 Å². The van der Waals surface area contributed by atoms with E-state index in [0.29, 0.717) is 29.4 Å². The van der Waals surface area contributed by atoms with Crippen molar-refractivity contribution in [3.8, 4) is 0 Å². The maximum absolute atomic E-state index is 11.8. The van der Waals surface area contributed by atoms with E-state index >= 15 is 0 Å². The SMILES string of the molecule is CCc1c(N)nc(CSc2ccccc2Br)[nH]c1=O. The van der Waals surface area contributed by atoms with Gasteiger partial charge in [-0.25, -0.2) is 4.98 Å². The van der Waals surface area contributed by atoms with E-state index in [-0.39, 0.29) is 5.56 Å². The van der Waals surface area contributed by atoms with Crippen LogP contribution in [0, 0.1) is 0 Å². The molecule has 19 heavy (non-hydrogen) atoms. The van der Waals surface area contributed by atoms with Crippen LogP contribution in [-0.2, 0) is 12.2 Å². The molecule has 1 aromatic carbocycles. The minimum Gasteiger partial charge on any atom is -0.383 e. The number of nitrogen functional groups attached to an aromatic ring is 1. The van der Waals surface area contributed by atoms with Crippen molar-refractivity contribution in [2.24, 2.45) is 0 Å². The Morgan fingerprint density at radius 2 is 2.16 bits per heavy atom. The number of hydrogen-bond donors (Lipinski definition) is 2. The van der Waals surface area contributed by atoms with Crippen LogP contribution in [0.4, 0.5) is 5.82 Å². The summed E-state index contributed by atoms with van der Waals surface area (Å²) < 4.78 is 1.03. The molecular formula is C13H14BrN3OS. The van der Waals surface area contributed by atoms with E-state index in [9.17, 15) is 4.79 Å². The van der Waals surface area contributed by atoms with Crippen LogP contribution in [-0.4, -0.2) is 9.97 Å². The van der Waals surface area contributed by atoms with Gasteiger partial charge in [-0.2, -0.15) is 0 Å². The highest BCUT2D eigenvalue weighted by molar-refractivity contribution is 9.10. The van der Waals surface area contributed by atoms with E-state index < -0.39 is 0 Å². The molecule has 0 aliphatic carbocycles. The predicted molar refractivity (Wildman–Crippen MR) is 82.4 cm³/mol. The Balaban J connectivity index is 2.17. The Kier molecular flexibility index (Phi) is 4.66. The van der Waals surface area contributed by atoms with Crippen molar-refractivity contribution in [1.82, 2.24) is 9.97 Å². The second-order valence-corrected chi connectivity index (χ2v) is 5.82. The molecule has 0 saturated carbocycles. The Morgan fingerprint density at radius 1 is 1.42 bits per heavy atom. The summed E-state index contributed by atoms with van der Waals surface area (Å²) in [5.74, 6) is 1.50. The van der Waals surface area contributed by atoms with E-state index in [1.54, 1.807) is 11.8 Å². The number of H-pyrrole nitrogens is 1. The molecule has 2 aromatic rings. The number of nitrogens with one attached hydrogen (secondary N) is 1. The Bertz CT molecular complexity index is 642. The van der Waals surface area contributed by atoms with Crippen LogP contribution in [0.5, 0.6) is 0 Å². The van der Waals surface area contributed by atoms with Crippen molar-refractivity contribution in [2.45, 2.75) is 24.0 Å². The van der Waals surface area contributed by atoms with Gasteiger partial charge in [0.25, 0.3) is 5.56 Å². The monoisotopic (exact) mass is 339 g/mol. The molecule has 0 aliphatic heterocycles. The van der Waals surface area contributed by atoms with E-state index in [2.05, 4.69) is 25.9 Å². The molecule has 0 atom stereocenters. The number of aromatic nitrogens is 2. The van der Waals surface area contributed by atoms with Gasteiger partial charge in [0.05, 0.1) is 11.3 Å². The summed E-state index contributed by atoms with van der Waals surface area (Å²) >= 11 is 5.08. The van der Waals surface area contributed by atoms with Crippen LogP contribution in [0.15, 0.2) is 38.4 Å². The summed E-state index contributed by atoms with van der Waals surface area (Å²) in [4.78, 5) is 19.9. The highest BCUT2D eigenvalue weighted by Crippen LogP contribution is 2.28. The van der Waals surface area contributed by atoms with E-state index in [0.717, 1.165) is 9.37 Å². The molecule has 1 aromatic heterocycles. The molecule has 0 fully saturated rings. The summed E-state index contributed by atoms with van der Waals surface area (Å²) in [5.41, 5.74) is 6.19. The number of benzene rings is 1. The van der Waals surface area contributed by atoms with E-state index in [1.165, 1.54) is 0 Å². The summed E-state index contributed by atoms with van der Waals surface area (Å²) in [6.07, 6.45) is 0.589. The third-order valence-corrected chi connectivity index (χ3v) is 4.69. The normalized spacial score (nSPS) is 10.6. The molecule has 4 nitrogen and oxygen atoms in total. The van der Waals surface area contributed by atoms with Gasteiger partial charge in [0.15, 0.2) is 0 Å². The van der Waals surface area contributed by atoms with Crippen molar-refractivity contribution in [3.05, 3.63) is 50.5 Å². The Labute approximate surface area is 124 Å². The molecule has 0 aliphatic rings. The molecule has 1 heterocycles. The van der Waals surface area contributed by atoms with Crippen LogP contribution >= 0.6 is 27.7 Å². The van der Waals surface area contributed by atoms with Gasteiger partial charge in [-0.05, 0) is 34.5 Å². The molecule has 6 heteroatoms. The number of anilines is 1. The van der Waals surface area contributed by atoms with Crippen molar-refractivity contribution in [3.63, 3.8) is 0 Å². The summed E-state index contributed by atoms with van der Waals surface area (Å²) in [6.45, 7) is 1.89. The first-order valence-electron chi connectivity index (χ1n) is 5.86. The van der Waals surface area contributed by atoms with Crippen LogP contribution in [0.2, 0.25) is 0 Å². The summed E-state index contributed by atoms with van der Waals surface area (Å²) in [5, 5.41) is 0. The molecule has 0 radical (unpaired) electrons. The lowest BCUT2D eigenvalue weighted by molar-refractivity contribution is 0.953. The second-order valence-electron chi connectivity index (χ2n) is 3.95. The fraction of sp³-hybridized carbons (Fsp3) is 0.231. The van der Waals surface area contributed by atoms with E-state index in [4.69, 9.17) is 5.73 Å². The topological polar surface area (TPSA) is 71.8 Å². The molecule has 0 spiro atoms. The lowest BCUT2D eigenvalue weighted by atomic mass is 10.2. The first-order chi connectivity index (χ1) is 9.11. The third-order valence-electron chi connectivity index (χ3n) is 2.65. The van der Waals surface area contributed by atoms with Crippen LogP contribution in [0.25, 0.3) is 0 Å². The number of aromatic amines is 1. The van der Waals surface area contributed by atoms with Gasteiger partial charge >= 0.3 is 0 Å². The lowest BCUT2D eigenvalue weighted by Gasteiger charge is -2.06. The fourth-order valence-electron chi connectivity index (χ4n) is 1.68. The van der Waals surface area contributed by atoms with Crippen molar-refractivity contribution >= 4 is 33.5 Å². The largest absolute Gasteiger partial charge is 0.383 e. The quantitative estimate of drug-likeness (QED) is 0.840. The highest BCUT2D eigenvalue weighted by atomic mass is 79.9. The predicted octanol–water partition coefficient (Wildman–Crippen LogP) is 2.97. The summed E-state index contributed by atoms with van der Waals surface area (Å²) in [7, 11) is 0. The lowest BCUT2D eigenvalue weighted by Crippen LogP contribution is -2.18. The third kappa shape index (κ3) is 3.39. The minimum atomic E-state index is -0.141. The zero-order valence-electron chi connectivity index (χ0n) is 10.4. The number of nitrogens with two attached hydrogens (primary N) is 1. The molecule has 100 valence electrons. The smallest absolute Gasteiger partial charge is 0.256 e. The second kappa shape index (κ2) is 6.25. The van der Waals surface area contributed by atoms with Gasteiger partial charge in [0.2, 0.25) is 0 Å². The van der Waals surface area contributed by atoms with Gasteiger partial charge in [0, 0.05) is 9.37 Å². The number of rotatable bonds is 4. The number of thioether (sulfide) groups is 1. The Hall–Kier alpha value is -1.27. The van der Waals surface area contributed by atoms with Gasteiger partial charge in [-0.1, -0.05) is 19.1 Å². The van der Waals surface area contributed by atoms with Gasteiger partial charge in [-0.3, -0.25) is 4.79 Å². The van der Waals surface area contributed by atoms with Crippen LogP contribution in [0.3, 0.4) is 0 Å². The zero-order chi connectivity index (χ0) is 13.8. The van der Waals surface area contributed by atoms with Crippen molar-refractivity contribution in [1.29, 1.82) is 0 Å². The standard InChI is InChI=1S/C13H14BrN3OS/c1-2-8-12(15)16-11(17-13(8)18)7-19-10-6-4-3-5-9(10)14/h3-6H,2,7H2,1H3,(H3,15,16,17,18). The molecule has 3 N–H and O–H groups in total. The molecule has 0 saturated heterocycles. The van der Waals surface area contributed by atoms with Crippen LogP contribution < -0.4 is 11.3 Å². The first kappa shape index (κ1) is 14.1. The number of halogens is 1. The molecule has 0 unspecified atom stereocenters. The minimum absolute atomic E-state index is 0.141. The number of nitrogens with zero attached hydrogens (tertiary/aromatic N) is 1. The van der Waals surface area contributed by atoms with Gasteiger partial charge in [0.1, 0.15) is 11.6 Å². The number of hydrogen-bond acceptors (Lipinski definition) is 4. The Morgan fingerprint density at radius 3 is 2.79 bits per heavy atom. The summed E-state index contributed by atoms with van der Waals surface area (Å²) in [6, 6.07) is 7.92. The average Bonchev–Trinajstić information content (AvgIpc) is 2.37. The maximum Gasteiger partial charge on any atom is 0.256 e. The van der Waals surface area contributed by atoms with E-state index in [1.807, 2.05) is 31.2 Å². The molecule has 0 bridgehead atoms. The molecular weight excluding hydrogens is 326 g/mol. The van der Waals surface area contributed by atoms with Gasteiger partial charge < -0.3 is 10.7 Å². The van der Waals surface area contributed by atoms with Crippen molar-refractivity contribution < 1.29 is 0 Å². The van der Waals surface area contributed by atoms with Crippen LogP contribution in [0.1, 0.15) is 18.3 Å². The van der Waals surface area contributed by atoms with Gasteiger partial charge in [-0.15, -0.1) is 11.8 Å². The zero-order valence-corrected chi connectivity index (χ0v) is 12.8.